The highest BCUT2D eigenvalue weighted by molar-refractivity contribution is 5.73. The number of fused-ring (bicyclic) bond motifs is 2. The van der Waals surface area contributed by atoms with Crippen molar-refractivity contribution < 1.29 is 46.1 Å². The number of carboxylic acid groups (broad SMARTS) is 2. The number of pyridine rings is 1. The van der Waals surface area contributed by atoms with E-state index in [9.17, 15) is 26.3 Å². The minimum absolute atomic E-state index is 0.307. The van der Waals surface area contributed by atoms with E-state index in [0.29, 0.717) is 5.41 Å². The van der Waals surface area contributed by atoms with Crippen molar-refractivity contribution in [1.29, 1.82) is 0 Å². The Kier molecular flexibility index (Phi) is 9.62. The summed E-state index contributed by atoms with van der Waals surface area (Å²) in [6.07, 6.45) is 2.03. The lowest BCUT2D eigenvalue weighted by molar-refractivity contribution is -0.193. The first kappa shape index (κ1) is 28.8. The van der Waals surface area contributed by atoms with Crippen molar-refractivity contribution in [2.24, 2.45) is 0 Å². The van der Waals surface area contributed by atoms with Crippen LogP contribution in [0.1, 0.15) is 29.5 Å². The lowest BCUT2D eigenvalue weighted by Gasteiger charge is -2.39. The van der Waals surface area contributed by atoms with Crippen molar-refractivity contribution in [1.82, 2.24) is 9.88 Å². The highest BCUT2D eigenvalue weighted by Gasteiger charge is 2.39. The van der Waals surface area contributed by atoms with Gasteiger partial charge in [-0.3, -0.25) is 4.98 Å². The fraction of sp³-hybridized carbons (Fsp3) is 0.375. The Balaban J connectivity index is 0.000000271. The van der Waals surface area contributed by atoms with Crippen molar-refractivity contribution in [3.63, 3.8) is 0 Å². The molecular weight excluding hydrogens is 494 g/mol. The molecule has 1 fully saturated rings. The van der Waals surface area contributed by atoms with Gasteiger partial charge in [-0.1, -0.05) is 42.5 Å². The number of alkyl halides is 6. The normalized spacial score (nSPS) is 16.3. The first-order chi connectivity index (χ1) is 16.7. The minimum atomic E-state index is -5.08. The van der Waals surface area contributed by atoms with Gasteiger partial charge in [-0.25, -0.2) is 9.59 Å². The van der Waals surface area contributed by atoms with E-state index in [-0.39, 0.29) is 0 Å². The van der Waals surface area contributed by atoms with Gasteiger partial charge in [-0.05, 0) is 55.1 Å². The largest absolute Gasteiger partial charge is 0.490 e. The third-order valence-corrected chi connectivity index (χ3v) is 5.75. The van der Waals surface area contributed by atoms with Crippen LogP contribution in [0.4, 0.5) is 26.3 Å². The molecule has 4 rings (SSSR count). The molecular formula is C24H24F6N2O4. The number of allylic oxidation sites excluding steroid dienone is 1. The number of piperidine rings is 1. The summed E-state index contributed by atoms with van der Waals surface area (Å²) >= 11 is 0. The van der Waals surface area contributed by atoms with E-state index in [0.717, 1.165) is 13.0 Å². The second kappa shape index (κ2) is 12.0. The molecule has 1 aliphatic heterocycles. The molecule has 0 radical (unpaired) electrons. The Morgan fingerprint density at radius 3 is 1.97 bits per heavy atom. The number of carboxylic acids is 2. The second-order valence-electron chi connectivity index (χ2n) is 8.14. The van der Waals surface area contributed by atoms with Crippen molar-refractivity contribution in [3.05, 3.63) is 71.6 Å². The molecule has 36 heavy (non-hydrogen) atoms. The number of halogens is 6. The van der Waals surface area contributed by atoms with Gasteiger partial charge in [-0.2, -0.15) is 26.3 Å². The van der Waals surface area contributed by atoms with Crippen LogP contribution in [0.5, 0.6) is 0 Å². The van der Waals surface area contributed by atoms with Gasteiger partial charge in [0, 0.05) is 24.4 Å². The van der Waals surface area contributed by atoms with Gasteiger partial charge in [0.1, 0.15) is 0 Å². The van der Waals surface area contributed by atoms with Gasteiger partial charge >= 0.3 is 24.3 Å². The van der Waals surface area contributed by atoms with Gasteiger partial charge in [-0.15, -0.1) is 0 Å². The van der Waals surface area contributed by atoms with Crippen molar-refractivity contribution in [2.45, 2.75) is 37.0 Å². The van der Waals surface area contributed by atoms with Crippen LogP contribution in [0.2, 0.25) is 0 Å². The van der Waals surface area contributed by atoms with Crippen molar-refractivity contribution in [2.75, 3.05) is 19.6 Å². The zero-order chi connectivity index (χ0) is 27.0. The molecule has 0 saturated carbocycles. The number of aromatic nitrogens is 1. The molecule has 196 valence electrons. The topological polar surface area (TPSA) is 90.7 Å². The number of rotatable bonds is 3. The fourth-order valence-electron chi connectivity index (χ4n) is 3.88. The van der Waals surface area contributed by atoms with E-state index in [4.69, 9.17) is 19.8 Å². The Morgan fingerprint density at radius 2 is 1.47 bits per heavy atom. The standard InChI is InChI=1S/C20H22N2.2C2HF3O2/c1-2-6-19-18(5-1)7-9-20(19)10-14-22(15-11-20)13-8-17-4-3-12-21-16-17;2*3-2(4,5)1(6)7/h1-7,9,12,16H,8,10-11,13-15H2;2*(H,6,7). The third-order valence-electron chi connectivity index (χ3n) is 5.75. The van der Waals surface area contributed by atoms with Gasteiger partial charge in [0.05, 0.1) is 0 Å². The molecule has 2 heterocycles. The summed E-state index contributed by atoms with van der Waals surface area (Å²) in [4.78, 5) is 24.6. The van der Waals surface area contributed by atoms with Crippen molar-refractivity contribution >= 4 is 18.0 Å². The first-order valence-corrected chi connectivity index (χ1v) is 10.7. The molecule has 0 amide bonds. The smallest absolute Gasteiger partial charge is 0.475 e. The lowest BCUT2D eigenvalue weighted by Crippen LogP contribution is -2.41. The molecule has 2 aromatic rings. The molecule has 0 unspecified atom stereocenters. The number of nitrogens with zero attached hydrogens (tertiary/aromatic N) is 2. The number of carbonyl (C=O) groups is 2. The molecule has 1 aromatic carbocycles. The Morgan fingerprint density at radius 1 is 0.917 bits per heavy atom. The van der Waals surface area contributed by atoms with Crippen LogP contribution >= 0.6 is 0 Å². The van der Waals surface area contributed by atoms with Crippen LogP contribution in [-0.4, -0.2) is 64.0 Å². The maximum absolute atomic E-state index is 10.6. The maximum atomic E-state index is 10.6. The fourth-order valence-corrected chi connectivity index (χ4v) is 3.88. The molecule has 2 N–H and O–H groups in total. The lowest BCUT2D eigenvalue weighted by atomic mass is 9.74. The van der Waals surface area contributed by atoms with Crippen LogP contribution in [0.3, 0.4) is 0 Å². The van der Waals surface area contributed by atoms with Crippen LogP contribution in [-0.2, 0) is 21.4 Å². The monoisotopic (exact) mass is 518 g/mol. The van der Waals surface area contributed by atoms with E-state index in [1.807, 2.05) is 18.5 Å². The maximum Gasteiger partial charge on any atom is 0.490 e. The number of benzene rings is 1. The van der Waals surface area contributed by atoms with E-state index in [1.165, 1.54) is 37.1 Å². The highest BCUT2D eigenvalue weighted by atomic mass is 19.4. The summed E-state index contributed by atoms with van der Waals surface area (Å²) in [5.41, 5.74) is 4.61. The van der Waals surface area contributed by atoms with Gasteiger partial charge in [0.25, 0.3) is 0 Å². The number of hydrogen-bond acceptors (Lipinski definition) is 4. The molecule has 1 aliphatic carbocycles. The Bertz CT molecular complexity index is 1020. The summed E-state index contributed by atoms with van der Waals surface area (Å²) in [5, 5.41) is 14.2. The van der Waals surface area contributed by atoms with Crippen LogP contribution in [0.15, 0.2) is 54.9 Å². The Labute approximate surface area is 202 Å². The molecule has 1 saturated heterocycles. The highest BCUT2D eigenvalue weighted by Crippen LogP contribution is 2.43. The third kappa shape index (κ3) is 8.36. The molecule has 1 aromatic heterocycles. The number of aliphatic carboxylic acids is 2. The van der Waals surface area contributed by atoms with E-state index < -0.39 is 24.3 Å². The Hall–Kier alpha value is -3.41. The summed E-state index contributed by atoms with van der Waals surface area (Å²) < 4.78 is 63.5. The van der Waals surface area contributed by atoms with Gasteiger partial charge in [0.15, 0.2) is 0 Å². The molecule has 6 nitrogen and oxygen atoms in total. The van der Waals surface area contributed by atoms with Gasteiger partial charge in [0.2, 0.25) is 0 Å². The van der Waals surface area contributed by atoms with Crippen LogP contribution in [0.25, 0.3) is 6.08 Å². The number of likely N-dealkylation sites (tertiary alicyclic amines) is 1. The summed E-state index contributed by atoms with van der Waals surface area (Å²) in [6.45, 7) is 3.53. The SMILES string of the molecule is C1=CC2(CCN(CCc3cccnc3)CC2)c2ccccc21.O=C(O)C(F)(F)F.O=C(O)C(F)(F)F. The van der Waals surface area contributed by atoms with E-state index in [2.05, 4.69) is 52.4 Å². The minimum Gasteiger partial charge on any atom is -0.475 e. The summed E-state index contributed by atoms with van der Waals surface area (Å²) in [6, 6.07) is 13.1. The van der Waals surface area contributed by atoms with E-state index >= 15 is 0 Å². The average Bonchev–Trinajstić information content (AvgIpc) is 3.17. The second-order valence-corrected chi connectivity index (χ2v) is 8.14. The predicted octanol–water partition coefficient (Wildman–Crippen LogP) is 4.95. The predicted molar refractivity (Wildman–Crippen MR) is 118 cm³/mol. The molecule has 0 atom stereocenters. The molecule has 0 bridgehead atoms. The molecule has 12 heteroatoms. The summed E-state index contributed by atoms with van der Waals surface area (Å²) in [7, 11) is 0. The van der Waals surface area contributed by atoms with Gasteiger partial charge < -0.3 is 15.1 Å². The number of hydrogen-bond donors (Lipinski definition) is 2. The quantitative estimate of drug-likeness (QED) is 0.559. The zero-order valence-electron chi connectivity index (χ0n) is 18.9. The van der Waals surface area contributed by atoms with Crippen LogP contribution < -0.4 is 0 Å². The zero-order valence-corrected chi connectivity index (χ0v) is 18.9. The average molecular weight is 518 g/mol. The molecule has 1 spiro atoms. The van der Waals surface area contributed by atoms with Crippen LogP contribution in [0, 0.1) is 0 Å². The summed E-state index contributed by atoms with van der Waals surface area (Å²) in [5.74, 6) is -5.51. The van der Waals surface area contributed by atoms with Crippen molar-refractivity contribution in [3.8, 4) is 0 Å². The molecule has 2 aliphatic rings. The first-order valence-electron chi connectivity index (χ1n) is 10.7. The van der Waals surface area contributed by atoms with E-state index in [1.54, 1.807) is 5.56 Å².